The topological polar surface area (TPSA) is 48.4 Å². The van der Waals surface area contributed by atoms with Crippen LogP contribution in [-0.2, 0) is 4.94 Å². The molecule has 0 spiro atoms. The van der Waals surface area contributed by atoms with Gasteiger partial charge in [0.05, 0.1) is 16.7 Å². The molecule has 0 radical (unpaired) electrons. The molecule has 0 aliphatic carbocycles. The first-order valence-electron chi connectivity index (χ1n) is 10.0. The van der Waals surface area contributed by atoms with Crippen LogP contribution in [0.1, 0.15) is 38.2 Å². The number of amides is 1. The molecule has 5 rings (SSSR count). The fraction of sp³-hybridized carbons (Fsp3) is 0.167. The van der Waals surface area contributed by atoms with Gasteiger partial charge < -0.3 is 0 Å². The maximum Gasteiger partial charge on any atom is 0.277 e. The van der Waals surface area contributed by atoms with E-state index < -0.39 is 5.82 Å². The Bertz CT molecular complexity index is 1230. The summed E-state index contributed by atoms with van der Waals surface area (Å²) in [5, 5.41) is 8.90. The van der Waals surface area contributed by atoms with Crippen LogP contribution in [0.2, 0.25) is 0 Å². The summed E-state index contributed by atoms with van der Waals surface area (Å²) in [4.78, 5) is 19.0. The lowest BCUT2D eigenvalue weighted by Crippen LogP contribution is -2.49. The number of carbonyl (C=O) groups is 1. The van der Waals surface area contributed by atoms with Crippen LogP contribution in [0.15, 0.2) is 59.8 Å². The van der Waals surface area contributed by atoms with Crippen molar-refractivity contribution in [3.63, 3.8) is 0 Å². The van der Waals surface area contributed by atoms with Crippen molar-refractivity contribution in [2.75, 3.05) is 10.0 Å². The molecule has 31 heavy (non-hydrogen) atoms. The van der Waals surface area contributed by atoms with Gasteiger partial charge in [0.1, 0.15) is 5.82 Å². The van der Waals surface area contributed by atoms with Gasteiger partial charge >= 0.3 is 0 Å². The van der Waals surface area contributed by atoms with E-state index in [1.54, 1.807) is 5.01 Å². The molecule has 0 saturated heterocycles. The molecule has 6 nitrogen and oxygen atoms in total. The fourth-order valence-corrected chi connectivity index (χ4v) is 4.08. The zero-order valence-electron chi connectivity index (χ0n) is 17.7. The van der Waals surface area contributed by atoms with Crippen LogP contribution in [0, 0.1) is 33.5 Å². The van der Waals surface area contributed by atoms with Crippen LogP contribution >= 0.6 is 0 Å². The summed E-state index contributed by atoms with van der Waals surface area (Å²) >= 11 is 0. The third kappa shape index (κ3) is 2.81. The third-order valence-electron chi connectivity index (χ3n) is 5.95. The van der Waals surface area contributed by atoms with E-state index in [1.807, 2.05) is 24.3 Å². The second-order valence-electron chi connectivity index (χ2n) is 7.81. The van der Waals surface area contributed by atoms with E-state index in [1.165, 1.54) is 34.6 Å². The highest BCUT2D eigenvalue weighted by molar-refractivity contribution is 6.17. The van der Waals surface area contributed by atoms with E-state index in [2.05, 4.69) is 38.9 Å². The molecule has 1 amide bonds. The molecule has 2 aliphatic rings. The molecule has 0 bridgehead atoms. The Balaban J connectivity index is 1.63. The highest BCUT2D eigenvalue weighted by Crippen LogP contribution is 2.43. The number of rotatable bonds is 2. The second kappa shape index (κ2) is 6.92. The first-order chi connectivity index (χ1) is 14.9. The summed E-state index contributed by atoms with van der Waals surface area (Å²) in [6.07, 6.45) is 0. The van der Waals surface area contributed by atoms with Crippen LogP contribution < -0.4 is 10.0 Å². The quantitative estimate of drug-likeness (QED) is 0.592. The number of aryl methyl sites for hydroxylation is 2. The number of anilines is 2. The number of oxime groups is 1. The maximum absolute atomic E-state index is 13.4. The first kappa shape index (κ1) is 19.3. The van der Waals surface area contributed by atoms with Crippen LogP contribution in [0.25, 0.3) is 0 Å². The highest BCUT2D eigenvalue weighted by atomic mass is 19.1. The van der Waals surface area contributed by atoms with E-state index >= 15 is 0 Å². The van der Waals surface area contributed by atoms with Gasteiger partial charge in [-0.2, -0.15) is 10.0 Å². The van der Waals surface area contributed by atoms with Crippen LogP contribution in [0.4, 0.5) is 15.8 Å². The molecule has 3 aromatic rings. The number of halogens is 1. The summed E-state index contributed by atoms with van der Waals surface area (Å²) < 4.78 is 13.4. The molecule has 0 atom stereocenters. The molecule has 2 aliphatic heterocycles. The van der Waals surface area contributed by atoms with Gasteiger partial charge in [-0.15, -0.1) is 0 Å². The van der Waals surface area contributed by atoms with Crippen molar-refractivity contribution in [3.05, 3.63) is 93.8 Å². The summed E-state index contributed by atoms with van der Waals surface area (Å²) in [5.74, 6) is -0.132. The van der Waals surface area contributed by atoms with Crippen molar-refractivity contribution in [1.82, 2.24) is 5.28 Å². The number of benzene rings is 3. The van der Waals surface area contributed by atoms with Crippen LogP contribution in [-0.4, -0.2) is 17.0 Å². The molecule has 3 aromatic carbocycles. The molecule has 0 aromatic heterocycles. The van der Waals surface area contributed by atoms with Crippen molar-refractivity contribution >= 4 is 23.1 Å². The fourth-order valence-electron chi connectivity index (χ4n) is 4.08. The Morgan fingerprint density at radius 3 is 2.16 bits per heavy atom. The van der Waals surface area contributed by atoms with Gasteiger partial charge in [0.2, 0.25) is 5.84 Å². The third-order valence-corrected chi connectivity index (χ3v) is 5.95. The number of para-hydroxylation sites is 2. The number of amidine groups is 1. The van der Waals surface area contributed by atoms with E-state index in [-0.39, 0.29) is 5.91 Å². The first-order valence-corrected chi connectivity index (χ1v) is 10.0. The highest BCUT2D eigenvalue weighted by Gasteiger charge is 2.47. The standard InChI is InChI=1S/C24H21FN4O2/c1-14-13-15(2)17(4)22(16(14)3)23-26-31-29-27(23)20-7-5-6-8-21(20)28(29)24(30)18-9-11-19(25)12-10-18/h5-13H,1-4H3. The van der Waals surface area contributed by atoms with Gasteiger partial charge in [0.15, 0.2) is 0 Å². The van der Waals surface area contributed by atoms with Gasteiger partial charge in [-0.3, -0.25) is 9.73 Å². The minimum atomic E-state index is -0.399. The maximum atomic E-state index is 13.4. The SMILES string of the molecule is Cc1cc(C)c(C)c(C2=NON3N(C(=O)c4ccc(F)cc4)c4ccccc4N23)c1C. The summed E-state index contributed by atoms with van der Waals surface area (Å²) in [7, 11) is 0. The summed E-state index contributed by atoms with van der Waals surface area (Å²) in [5.41, 5.74) is 7.27. The molecule has 7 heteroatoms. The van der Waals surface area contributed by atoms with Gasteiger partial charge in [-0.1, -0.05) is 18.2 Å². The molecule has 0 fully saturated rings. The Morgan fingerprint density at radius 2 is 1.52 bits per heavy atom. The van der Waals surface area contributed by atoms with E-state index in [0.29, 0.717) is 17.1 Å². The number of hydrazine groups is 2. The van der Waals surface area contributed by atoms with Gasteiger partial charge in [-0.25, -0.2) is 4.39 Å². The van der Waals surface area contributed by atoms with Crippen LogP contribution in [0.3, 0.4) is 0 Å². The average molecular weight is 416 g/mol. The average Bonchev–Trinajstić information content (AvgIpc) is 3.31. The molecular weight excluding hydrogens is 395 g/mol. The normalized spacial score (nSPS) is 14.9. The molecule has 0 N–H and O–H groups in total. The van der Waals surface area contributed by atoms with Crippen molar-refractivity contribution in [2.45, 2.75) is 27.7 Å². The summed E-state index contributed by atoms with van der Waals surface area (Å²) in [6, 6.07) is 15.1. The number of nitrogens with zero attached hydrogens (tertiary/aromatic N) is 4. The lowest BCUT2D eigenvalue weighted by molar-refractivity contribution is -0.135. The van der Waals surface area contributed by atoms with E-state index in [0.717, 1.165) is 33.5 Å². The second-order valence-corrected chi connectivity index (χ2v) is 7.81. The lowest BCUT2D eigenvalue weighted by atomic mass is 9.93. The zero-order valence-corrected chi connectivity index (χ0v) is 17.7. The Hall–Kier alpha value is -3.71. The van der Waals surface area contributed by atoms with Crippen molar-refractivity contribution in [1.29, 1.82) is 0 Å². The minimum absolute atomic E-state index is 0.342. The minimum Gasteiger partial charge on any atom is -0.267 e. The number of hydrogen-bond donors (Lipinski definition) is 0. The molecular formula is C24H21FN4O2. The predicted molar refractivity (Wildman–Crippen MR) is 117 cm³/mol. The molecule has 0 saturated carbocycles. The van der Waals surface area contributed by atoms with Crippen LogP contribution in [0.5, 0.6) is 0 Å². The van der Waals surface area contributed by atoms with Crippen molar-refractivity contribution < 1.29 is 14.1 Å². The largest absolute Gasteiger partial charge is 0.277 e. The molecule has 156 valence electrons. The number of fused-ring (bicyclic) bond motifs is 3. The number of hydrogen-bond acceptors (Lipinski definition) is 5. The predicted octanol–water partition coefficient (Wildman–Crippen LogP) is 4.97. The Labute approximate surface area is 179 Å². The number of carbonyl (C=O) groups excluding carboxylic acids is 1. The van der Waals surface area contributed by atoms with Crippen molar-refractivity contribution in [3.8, 4) is 0 Å². The van der Waals surface area contributed by atoms with Crippen molar-refractivity contribution in [2.24, 2.45) is 5.16 Å². The zero-order chi connectivity index (χ0) is 21.9. The monoisotopic (exact) mass is 416 g/mol. The summed E-state index contributed by atoms with van der Waals surface area (Å²) in [6.45, 7) is 8.26. The molecule has 2 heterocycles. The lowest BCUT2D eigenvalue weighted by Gasteiger charge is -2.25. The Morgan fingerprint density at radius 1 is 0.903 bits per heavy atom. The van der Waals surface area contributed by atoms with Gasteiger partial charge in [0.25, 0.3) is 5.91 Å². The van der Waals surface area contributed by atoms with E-state index in [9.17, 15) is 9.18 Å². The van der Waals surface area contributed by atoms with Gasteiger partial charge in [0, 0.05) is 11.1 Å². The molecule has 0 unspecified atom stereocenters. The smallest absolute Gasteiger partial charge is 0.267 e. The van der Waals surface area contributed by atoms with Gasteiger partial charge in [-0.05, 0) is 91.5 Å². The van der Waals surface area contributed by atoms with E-state index in [4.69, 9.17) is 4.94 Å². The Kier molecular flexibility index (Phi) is 4.30.